The molecule has 0 fully saturated rings. The molecule has 0 saturated heterocycles. The average Bonchev–Trinajstić information content (AvgIpc) is 2.48. The van der Waals surface area contributed by atoms with E-state index in [-0.39, 0.29) is 25.3 Å². The molecule has 1 rings (SSSR count). The standard InChI is InChI=1S/C15H22FNO4/c1-4-10-17(14(18)19)15(5-2,21-11-20-3)12-8-6-7-9-13(12)16/h6-9H,4-5,10-11H2,1-3H3,(H,18,19)/t15-/m1/s1. The van der Waals surface area contributed by atoms with Crippen LogP contribution in [0.25, 0.3) is 0 Å². The molecule has 5 nitrogen and oxygen atoms in total. The van der Waals surface area contributed by atoms with Gasteiger partial charge in [-0.25, -0.2) is 9.18 Å². The Morgan fingerprint density at radius 1 is 1.38 bits per heavy atom. The molecular formula is C15H22FNO4. The molecule has 0 saturated carbocycles. The number of amides is 1. The lowest BCUT2D eigenvalue weighted by Gasteiger charge is -2.41. The Labute approximate surface area is 124 Å². The van der Waals surface area contributed by atoms with Crippen LogP contribution in [0, 0.1) is 5.82 Å². The number of halogens is 1. The van der Waals surface area contributed by atoms with E-state index in [0.717, 1.165) is 4.90 Å². The smallest absolute Gasteiger partial charge is 0.409 e. The van der Waals surface area contributed by atoms with Crippen molar-refractivity contribution in [2.24, 2.45) is 0 Å². The Kier molecular flexibility index (Phi) is 6.58. The van der Waals surface area contributed by atoms with Gasteiger partial charge in [-0.05, 0) is 18.9 Å². The molecule has 118 valence electrons. The zero-order valence-electron chi connectivity index (χ0n) is 12.6. The summed E-state index contributed by atoms with van der Waals surface area (Å²) in [7, 11) is 1.44. The van der Waals surface area contributed by atoms with Crippen LogP contribution in [0.15, 0.2) is 24.3 Å². The second kappa shape index (κ2) is 7.95. The Balaban J connectivity index is 3.39. The third kappa shape index (κ3) is 3.71. The maximum Gasteiger partial charge on any atom is 0.409 e. The number of ether oxygens (including phenoxy) is 2. The lowest BCUT2D eigenvalue weighted by Crippen LogP contribution is -2.51. The maximum atomic E-state index is 14.2. The molecule has 0 aliphatic heterocycles. The predicted molar refractivity (Wildman–Crippen MR) is 76.4 cm³/mol. The van der Waals surface area contributed by atoms with Gasteiger partial charge in [0.2, 0.25) is 0 Å². The van der Waals surface area contributed by atoms with E-state index in [1.807, 2.05) is 6.92 Å². The SMILES string of the molecule is CCCN(C(=O)O)[C@](CC)(OCOC)c1ccccc1F. The van der Waals surface area contributed by atoms with E-state index in [0.29, 0.717) is 6.42 Å². The van der Waals surface area contributed by atoms with Crippen molar-refractivity contribution in [1.29, 1.82) is 0 Å². The van der Waals surface area contributed by atoms with Crippen LogP contribution >= 0.6 is 0 Å². The number of hydrogen-bond donors (Lipinski definition) is 1. The van der Waals surface area contributed by atoms with Gasteiger partial charge in [-0.1, -0.05) is 32.0 Å². The summed E-state index contributed by atoms with van der Waals surface area (Å²) in [5.74, 6) is -0.502. The summed E-state index contributed by atoms with van der Waals surface area (Å²) in [6, 6.07) is 6.05. The molecule has 0 bridgehead atoms. The van der Waals surface area contributed by atoms with E-state index in [4.69, 9.17) is 9.47 Å². The fourth-order valence-corrected chi connectivity index (χ4v) is 2.37. The Hall–Kier alpha value is -1.66. The van der Waals surface area contributed by atoms with Crippen LogP contribution in [0.5, 0.6) is 0 Å². The first-order chi connectivity index (χ1) is 10.0. The Morgan fingerprint density at radius 3 is 2.52 bits per heavy atom. The van der Waals surface area contributed by atoms with Gasteiger partial charge in [-0.2, -0.15) is 0 Å². The first-order valence-electron chi connectivity index (χ1n) is 6.91. The van der Waals surface area contributed by atoms with Gasteiger partial charge in [0.15, 0.2) is 5.72 Å². The van der Waals surface area contributed by atoms with Crippen LogP contribution < -0.4 is 0 Å². The van der Waals surface area contributed by atoms with Crippen molar-refractivity contribution < 1.29 is 23.8 Å². The molecule has 0 aliphatic carbocycles. The molecule has 1 aromatic rings. The molecule has 0 aromatic heterocycles. The molecule has 0 unspecified atom stereocenters. The summed E-state index contributed by atoms with van der Waals surface area (Å²) in [5.41, 5.74) is -1.20. The highest BCUT2D eigenvalue weighted by Gasteiger charge is 2.42. The van der Waals surface area contributed by atoms with E-state index in [1.165, 1.54) is 13.2 Å². The maximum absolute atomic E-state index is 14.2. The van der Waals surface area contributed by atoms with E-state index in [2.05, 4.69) is 0 Å². The van der Waals surface area contributed by atoms with Crippen LogP contribution in [0.2, 0.25) is 0 Å². The Morgan fingerprint density at radius 2 is 2.05 bits per heavy atom. The van der Waals surface area contributed by atoms with Crippen LogP contribution in [0.1, 0.15) is 32.3 Å². The van der Waals surface area contributed by atoms with Crippen molar-refractivity contribution in [3.8, 4) is 0 Å². The van der Waals surface area contributed by atoms with E-state index < -0.39 is 17.6 Å². The quantitative estimate of drug-likeness (QED) is 0.747. The highest BCUT2D eigenvalue weighted by molar-refractivity contribution is 5.66. The summed E-state index contributed by atoms with van der Waals surface area (Å²) in [4.78, 5) is 12.8. The fraction of sp³-hybridized carbons (Fsp3) is 0.533. The molecule has 6 heteroatoms. The van der Waals surface area contributed by atoms with E-state index in [1.54, 1.807) is 25.1 Å². The minimum Gasteiger partial charge on any atom is -0.465 e. The molecule has 21 heavy (non-hydrogen) atoms. The molecule has 0 radical (unpaired) electrons. The van der Waals surface area contributed by atoms with Crippen molar-refractivity contribution >= 4 is 6.09 Å². The van der Waals surface area contributed by atoms with Crippen LogP contribution in [-0.4, -0.2) is 36.5 Å². The number of rotatable bonds is 8. The monoisotopic (exact) mass is 299 g/mol. The summed E-state index contributed by atoms with van der Waals surface area (Å²) in [6.45, 7) is 3.72. The van der Waals surface area contributed by atoms with Crippen molar-refractivity contribution in [1.82, 2.24) is 4.90 Å². The third-order valence-electron chi connectivity index (χ3n) is 3.30. The third-order valence-corrected chi connectivity index (χ3v) is 3.30. The van der Waals surface area contributed by atoms with E-state index >= 15 is 0 Å². The van der Waals surface area contributed by atoms with Crippen molar-refractivity contribution in [2.75, 3.05) is 20.4 Å². The zero-order chi connectivity index (χ0) is 15.9. The molecule has 0 heterocycles. The number of methoxy groups -OCH3 is 1. The second-order valence-electron chi connectivity index (χ2n) is 4.60. The molecule has 0 spiro atoms. The first kappa shape index (κ1) is 17.4. The van der Waals surface area contributed by atoms with Gasteiger partial charge in [0.05, 0.1) is 0 Å². The van der Waals surface area contributed by atoms with Crippen LogP contribution in [-0.2, 0) is 15.2 Å². The lowest BCUT2D eigenvalue weighted by atomic mass is 9.97. The van der Waals surface area contributed by atoms with Crippen molar-refractivity contribution in [2.45, 2.75) is 32.4 Å². The van der Waals surface area contributed by atoms with Gasteiger partial charge < -0.3 is 14.6 Å². The molecule has 1 aromatic carbocycles. The first-order valence-corrected chi connectivity index (χ1v) is 6.91. The van der Waals surface area contributed by atoms with Crippen LogP contribution in [0.4, 0.5) is 9.18 Å². The largest absolute Gasteiger partial charge is 0.465 e. The minimum atomic E-state index is -1.40. The summed E-state index contributed by atoms with van der Waals surface area (Å²) < 4.78 is 24.8. The molecule has 0 aliphatic rings. The van der Waals surface area contributed by atoms with Gasteiger partial charge >= 0.3 is 6.09 Å². The fourth-order valence-electron chi connectivity index (χ4n) is 2.37. The number of carbonyl (C=O) groups is 1. The second-order valence-corrected chi connectivity index (χ2v) is 4.60. The highest BCUT2D eigenvalue weighted by atomic mass is 19.1. The summed E-state index contributed by atoms with van der Waals surface area (Å²) in [5, 5.41) is 9.51. The molecular weight excluding hydrogens is 277 g/mol. The molecule has 1 amide bonds. The summed E-state index contributed by atoms with van der Waals surface area (Å²) >= 11 is 0. The minimum absolute atomic E-state index is 0.129. The van der Waals surface area contributed by atoms with Gasteiger partial charge in [0.25, 0.3) is 0 Å². The van der Waals surface area contributed by atoms with Gasteiger partial charge in [0, 0.05) is 19.2 Å². The van der Waals surface area contributed by atoms with Gasteiger partial charge in [0.1, 0.15) is 12.6 Å². The molecule has 1 atom stereocenters. The number of hydrogen-bond acceptors (Lipinski definition) is 3. The Bertz CT molecular complexity index is 469. The number of nitrogens with zero attached hydrogens (tertiary/aromatic N) is 1. The van der Waals surface area contributed by atoms with Gasteiger partial charge in [-0.3, -0.25) is 4.90 Å². The number of carboxylic acid groups (broad SMARTS) is 1. The lowest BCUT2D eigenvalue weighted by molar-refractivity contribution is -0.203. The van der Waals surface area contributed by atoms with Crippen molar-refractivity contribution in [3.63, 3.8) is 0 Å². The highest BCUT2D eigenvalue weighted by Crippen LogP contribution is 2.35. The van der Waals surface area contributed by atoms with Gasteiger partial charge in [-0.15, -0.1) is 0 Å². The normalized spacial score (nSPS) is 13.7. The predicted octanol–water partition coefficient (Wildman–Crippen LogP) is 3.40. The number of benzene rings is 1. The van der Waals surface area contributed by atoms with Crippen molar-refractivity contribution in [3.05, 3.63) is 35.6 Å². The van der Waals surface area contributed by atoms with E-state index in [9.17, 15) is 14.3 Å². The molecule has 1 N–H and O–H groups in total. The van der Waals surface area contributed by atoms with Crippen LogP contribution in [0.3, 0.4) is 0 Å². The topological polar surface area (TPSA) is 59.0 Å². The average molecular weight is 299 g/mol. The summed E-state index contributed by atoms with van der Waals surface area (Å²) in [6.07, 6.45) is -0.291. The zero-order valence-corrected chi connectivity index (χ0v) is 12.6.